The van der Waals surface area contributed by atoms with Gasteiger partial charge in [-0.3, -0.25) is 0 Å². The molecule has 4 aliphatic rings. The van der Waals surface area contributed by atoms with Crippen molar-refractivity contribution in [3.63, 3.8) is 0 Å². The van der Waals surface area contributed by atoms with Crippen LogP contribution in [-0.4, -0.2) is 5.11 Å². The molecule has 1 heterocycles. The number of hydrogen-bond acceptors (Lipinski definition) is 2. The highest BCUT2D eigenvalue weighted by atomic mass is 32.1. The van der Waals surface area contributed by atoms with Gasteiger partial charge in [-0.05, 0) is 74.6 Å². The minimum Gasteiger partial charge on any atom is -0.373 e. The highest BCUT2D eigenvalue weighted by molar-refractivity contribution is 7.10. The largest absolute Gasteiger partial charge is 0.373 e. The molecule has 4 aliphatic carbocycles. The molecule has 4 fully saturated rings. The van der Waals surface area contributed by atoms with Crippen LogP contribution in [0.2, 0.25) is 0 Å². The molecule has 1 aromatic heterocycles. The maximum absolute atomic E-state index is 10.6. The maximum Gasteiger partial charge on any atom is 0.157 e. The molecule has 0 radical (unpaired) electrons. The lowest BCUT2D eigenvalue weighted by molar-refractivity contribution is -0.0186. The van der Waals surface area contributed by atoms with Crippen molar-refractivity contribution >= 4 is 11.3 Å². The quantitative estimate of drug-likeness (QED) is 0.768. The lowest BCUT2D eigenvalue weighted by Crippen LogP contribution is -2.45. The van der Waals surface area contributed by atoms with E-state index in [4.69, 9.17) is 0 Å². The molecular formula is C18H22OS. The zero-order chi connectivity index (χ0) is 13.8. The lowest BCUT2D eigenvalue weighted by atomic mass is 9.50. The molecule has 1 nitrogen and oxygen atoms in total. The highest BCUT2D eigenvalue weighted by Gasteiger charge is 2.50. The fraction of sp³-hybridized carbons (Fsp3) is 0.667. The monoisotopic (exact) mass is 286 g/mol. The van der Waals surface area contributed by atoms with Crippen molar-refractivity contribution in [2.75, 3.05) is 0 Å². The van der Waals surface area contributed by atoms with Gasteiger partial charge < -0.3 is 5.11 Å². The standard InChI is InChI=1S/C18H22OS/c1-17(19,16-3-2-6-20-16)4-5-18-10-13-7-14(11-18)9-15(8-13)12-18/h2-3,6,13-15,19H,7-12H2,1H3. The van der Waals surface area contributed by atoms with Gasteiger partial charge in [-0.15, -0.1) is 11.3 Å². The van der Waals surface area contributed by atoms with Crippen LogP contribution in [0, 0.1) is 35.0 Å². The van der Waals surface area contributed by atoms with Crippen molar-refractivity contribution in [1.82, 2.24) is 0 Å². The van der Waals surface area contributed by atoms with E-state index in [1.807, 2.05) is 24.4 Å². The molecule has 0 aromatic carbocycles. The molecule has 2 heteroatoms. The van der Waals surface area contributed by atoms with Crippen LogP contribution in [0.1, 0.15) is 50.3 Å². The molecule has 1 unspecified atom stereocenters. The van der Waals surface area contributed by atoms with Crippen LogP contribution in [0.15, 0.2) is 17.5 Å². The second-order valence-corrected chi connectivity index (χ2v) is 8.45. The van der Waals surface area contributed by atoms with E-state index in [1.165, 1.54) is 38.5 Å². The number of rotatable bonds is 1. The van der Waals surface area contributed by atoms with Crippen LogP contribution < -0.4 is 0 Å². The summed E-state index contributed by atoms with van der Waals surface area (Å²) in [4.78, 5) is 0.967. The van der Waals surface area contributed by atoms with E-state index >= 15 is 0 Å². The third kappa shape index (κ3) is 2.12. The predicted octanol–water partition coefficient (Wildman–Crippen LogP) is 4.18. The minimum atomic E-state index is -0.975. The van der Waals surface area contributed by atoms with Gasteiger partial charge in [0.25, 0.3) is 0 Å². The molecule has 20 heavy (non-hydrogen) atoms. The fourth-order valence-electron chi connectivity index (χ4n) is 5.14. The molecule has 4 saturated carbocycles. The van der Waals surface area contributed by atoms with Gasteiger partial charge in [0.1, 0.15) is 0 Å². The zero-order valence-corrected chi connectivity index (χ0v) is 12.9. The van der Waals surface area contributed by atoms with Gasteiger partial charge in [0, 0.05) is 10.3 Å². The normalized spacial score (nSPS) is 41.0. The van der Waals surface area contributed by atoms with Crippen LogP contribution in [-0.2, 0) is 5.60 Å². The average molecular weight is 286 g/mol. The van der Waals surface area contributed by atoms with Gasteiger partial charge in [0.15, 0.2) is 5.60 Å². The number of aliphatic hydroxyl groups is 1. The van der Waals surface area contributed by atoms with E-state index in [1.54, 1.807) is 11.3 Å². The van der Waals surface area contributed by atoms with Crippen LogP contribution in [0.3, 0.4) is 0 Å². The maximum atomic E-state index is 10.6. The summed E-state index contributed by atoms with van der Waals surface area (Å²) in [5, 5.41) is 12.6. The van der Waals surface area contributed by atoms with Crippen molar-refractivity contribution in [1.29, 1.82) is 0 Å². The Bertz CT molecular complexity index is 523. The van der Waals surface area contributed by atoms with E-state index in [0.717, 1.165) is 22.6 Å². The summed E-state index contributed by atoms with van der Waals surface area (Å²) in [6.45, 7) is 1.84. The Balaban J connectivity index is 1.62. The van der Waals surface area contributed by atoms with Crippen molar-refractivity contribution in [2.24, 2.45) is 23.2 Å². The van der Waals surface area contributed by atoms with Gasteiger partial charge in [-0.2, -0.15) is 0 Å². The molecule has 1 N–H and O–H groups in total. The Kier molecular flexibility index (Phi) is 2.81. The molecule has 106 valence electrons. The summed E-state index contributed by atoms with van der Waals surface area (Å²) in [5.41, 5.74) is -0.743. The number of hydrogen-bond donors (Lipinski definition) is 1. The summed E-state index contributed by atoms with van der Waals surface area (Å²) in [5.74, 6) is 9.55. The third-order valence-corrected chi connectivity index (χ3v) is 6.69. The molecule has 1 aromatic rings. The van der Waals surface area contributed by atoms with E-state index in [0.29, 0.717) is 0 Å². The van der Waals surface area contributed by atoms with Gasteiger partial charge in [-0.25, -0.2) is 0 Å². The van der Waals surface area contributed by atoms with E-state index < -0.39 is 5.60 Å². The van der Waals surface area contributed by atoms with Gasteiger partial charge >= 0.3 is 0 Å². The first-order chi connectivity index (χ1) is 9.55. The molecule has 1 atom stereocenters. The second-order valence-electron chi connectivity index (χ2n) is 7.50. The SMILES string of the molecule is CC(O)(C#CC12CC3CC(CC(C3)C1)C2)c1cccs1. The Morgan fingerprint density at radius 1 is 1.20 bits per heavy atom. The van der Waals surface area contributed by atoms with Crippen molar-refractivity contribution in [3.8, 4) is 11.8 Å². The van der Waals surface area contributed by atoms with Gasteiger partial charge in [0.05, 0.1) is 0 Å². The van der Waals surface area contributed by atoms with Crippen LogP contribution >= 0.6 is 11.3 Å². The average Bonchev–Trinajstić information content (AvgIpc) is 2.90. The molecule has 4 bridgehead atoms. The molecular weight excluding hydrogens is 264 g/mol. The van der Waals surface area contributed by atoms with Crippen LogP contribution in [0.4, 0.5) is 0 Å². The van der Waals surface area contributed by atoms with Crippen molar-refractivity contribution < 1.29 is 5.11 Å². The third-order valence-electron chi connectivity index (χ3n) is 5.61. The van der Waals surface area contributed by atoms with Gasteiger partial charge in [-0.1, -0.05) is 17.9 Å². The predicted molar refractivity (Wildman–Crippen MR) is 82.3 cm³/mol. The Morgan fingerprint density at radius 3 is 2.30 bits per heavy atom. The van der Waals surface area contributed by atoms with Crippen LogP contribution in [0.25, 0.3) is 0 Å². The van der Waals surface area contributed by atoms with Crippen molar-refractivity contribution in [3.05, 3.63) is 22.4 Å². The highest BCUT2D eigenvalue weighted by Crippen LogP contribution is 2.59. The first-order valence-electron chi connectivity index (χ1n) is 7.85. The topological polar surface area (TPSA) is 20.2 Å². The smallest absolute Gasteiger partial charge is 0.157 e. The zero-order valence-electron chi connectivity index (χ0n) is 12.1. The first kappa shape index (κ1) is 12.9. The molecule has 0 aliphatic heterocycles. The summed E-state index contributed by atoms with van der Waals surface area (Å²) in [6, 6.07) is 3.97. The fourth-order valence-corrected chi connectivity index (χ4v) is 5.88. The number of thiophene rings is 1. The molecule has 0 amide bonds. The van der Waals surface area contributed by atoms with Gasteiger partial charge in [0.2, 0.25) is 0 Å². The minimum absolute atomic E-state index is 0.232. The Labute approximate surface area is 125 Å². The molecule has 0 saturated heterocycles. The summed E-state index contributed by atoms with van der Waals surface area (Å²) in [6.07, 6.45) is 8.19. The van der Waals surface area contributed by atoms with E-state index in [9.17, 15) is 5.11 Å². The summed E-state index contributed by atoms with van der Waals surface area (Å²) < 4.78 is 0. The van der Waals surface area contributed by atoms with Crippen LogP contribution in [0.5, 0.6) is 0 Å². The lowest BCUT2D eigenvalue weighted by Gasteiger charge is -2.54. The second kappa shape index (κ2) is 4.36. The first-order valence-corrected chi connectivity index (χ1v) is 8.73. The van der Waals surface area contributed by atoms with E-state index in [2.05, 4.69) is 11.8 Å². The summed E-state index contributed by atoms with van der Waals surface area (Å²) >= 11 is 1.59. The Hall–Kier alpha value is -0.780. The molecule has 0 spiro atoms. The van der Waals surface area contributed by atoms with E-state index in [-0.39, 0.29) is 5.41 Å². The summed E-state index contributed by atoms with van der Waals surface area (Å²) in [7, 11) is 0. The van der Waals surface area contributed by atoms with Crippen molar-refractivity contribution in [2.45, 2.75) is 51.0 Å². The Morgan fingerprint density at radius 2 is 1.80 bits per heavy atom. The molecule has 5 rings (SSSR count).